The molecule has 0 spiro atoms. The molecule has 1 saturated carbocycles. The summed E-state index contributed by atoms with van der Waals surface area (Å²) in [5.41, 5.74) is 0.128. The van der Waals surface area contributed by atoms with Gasteiger partial charge in [-0.05, 0) is 44.2 Å². The molecule has 3 heteroatoms. The number of hydrogen-bond donors (Lipinski definition) is 2. The van der Waals surface area contributed by atoms with Gasteiger partial charge in [-0.2, -0.15) is 0 Å². The summed E-state index contributed by atoms with van der Waals surface area (Å²) in [5.74, 6) is 0.277. The second kappa shape index (κ2) is 4.60. The molecule has 0 bridgehead atoms. The molecule has 3 nitrogen and oxygen atoms in total. The number of carbonyl (C=O) groups excluding carboxylic acids is 1. The van der Waals surface area contributed by atoms with Crippen LogP contribution < -0.4 is 10.6 Å². The summed E-state index contributed by atoms with van der Waals surface area (Å²) in [6, 6.07) is 0.377. The Kier molecular flexibility index (Phi) is 3.48. The van der Waals surface area contributed by atoms with Crippen molar-refractivity contribution in [2.24, 2.45) is 10.8 Å². The molecule has 1 saturated heterocycles. The molecule has 2 N–H and O–H groups in total. The molecule has 98 valence electrons. The zero-order valence-electron chi connectivity index (χ0n) is 11.4. The van der Waals surface area contributed by atoms with Crippen LogP contribution in [0.4, 0.5) is 0 Å². The van der Waals surface area contributed by atoms with E-state index in [1.165, 1.54) is 12.8 Å². The van der Waals surface area contributed by atoms with Crippen LogP contribution in [0.15, 0.2) is 0 Å². The van der Waals surface area contributed by atoms with E-state index in [9.17, 15) is 4.79 Å². The molecule has 1 aliphatic heterocycles. The van der Waals surface area contributed by atoms with Crippen molar-refractivity contribution in [1.29, 1.82) is 0 Å². The van der Waals surface area contributed by atoms with E-state index < -0.39 is 0 Å². The topological polar surface area (TPSA) is 41.1 Å². The third-order valence-electron chi connectivity index (χ3n) is 4.82. The summed E-state index contributed by atoms with van der Waals surface area (Å²) in [7, 11) is 0. The molecule has 1 atom stereocenters. The van der Waals surface area contributed by atoms with Gasteiger partial charge in [0, 0.05) is 11.5 Å². The average Bonchev–Trinajstić information content (AvgIpc) is 2.59. The molecular formula is C14H26N2O. The van der Waals surface area contributed by atoms with Gasteiger partial charge in [0.1, 0.15) is 0 Å². The molecular weight excluding hydrogens is 212 g/mol. The quantitative estimate of drug-likeness (QED) is 0.773. The Bertz CT molecular complexity index is 293. The van der Waals surface area contributed by atoms with E-state index in [0.717, 1.165) is 32.4 Å². The first kappa shape index (κ1) is 12.9. The van der Waals surface area contributed by atoms with Crippen LogP contribution in [-0.4, -0.2) is 25.0 Å². The summed E-state index contributed by atoms with van der Waals surface area (Å²) in [4.78, 5) is 12.4. The first-order valence-corrected chi connectivity index (χ1v) is 6.96. The molecule has 0 aromatic heterocycles. The van der Waals surface area contributed by atoms with Crippen molar-refractivity contribution in [2.45, 2.75) is 58.9 Å². The highest BCUT2D eigenvalue weighted by molar-refractivity contribution is 5.82. The molecule has 2 aliphatic rings. The fraction of sp³-hybridized carbons (Fsp3) is 0.929. The highest BCUT2D eigenvalue weighted by Crippen LogP contribution is 2.38. The molecule has 2 rings (SSSR count). The molecule has 17 heavy (non-hydrogen) atoms. The minimum Gasteiger partial charge on any atom is -0.352 e. The second-order valence-electron chi connectivity index (χ2n) is 6.72. The fourth-order valence-corrected chi connectivity index (χ4v) is 3.13. The molecule has 0 aromatic rings. The monoisotopic (exact) mass is 238 g/mol. The zero-order chi connectivity index (χ0) is 12.5. The predicted octanol–water partition coefficient (Wildman–Crippen LogP) is 2.07. The second-order valence-corrected chi connectivity index (χ2v) is 6.72. The van der Waals surface area contributed by atoms with Gasteiger partial charge in [-0.3, -0.25) is 4.79 Å². The maximum Gasteiger partial charge on any atom is 0.226 e. The Morgan fingerprint density at radius 2 is 1.82 bits per heavy atom. The first-order valence-electron chi connectivity index (χ1n) is 6.96. The molecule has 1 amide bonds. The Balaban J connectivity index is 1.96. The highest BCUT2D eigenvalue weighted by atomic mass is 16.2. The largest absolute Gasteiger partial charge is 0.352 e. The van der Waals surface area contributed by atoms with E-state index in [4.69, 9.17) is 0 Å². The van der Waals surface area contributed by atoms with Gasteiger partial charge in [0.25, 0.3) is 0 Å². The predicted molar refractivity (Wildman–Crippen MR) is 69.8 cm³/mol. The molecule has 1 unspecified atom stereocenters. The number of carbonyl (C=O) groups is 1. The Labute approximate surface area is 105 Å². The van der Waals surface area contributed by atoms with Crippen LogP contribution in [0.5, 0.6) is 0 Å². The van der Waals surface area contributed by atoms with Crippen molar-refractivity contribution in [3.8, 4) is 0 Å². The van der Waals surface area contributed by atoms with Gasteiger partial charge >= 0.3 is 0 Å². The standard InChI is InChI=1S/C14H26N2O/c1-13(2)6-4-5-11(13)16-12(17)14(3)7-9-15-10-8-14/h11,15H,4-10H2,1-3H3,(H,16,17). The fourth-order valence-electron chi connectivity index (χ4n) is 3.13. The molecule has 2 fully saturated rings. The van der Waals surface area contributed by atoms with Crippen molar-refractivity contribution in [2.75, 3.05) is 13.1 Å². The van der Waals surface area contributed by atoms with Crippen LogP contribution in [0.3, 0.4) is 0 Å². The van der Waals surface area contributed by atoms with E-state index in [1.54, 1.807) is 0 Å². The lowest BCUT2D eigenvalue weighted by Crippen LogP contribution is -2.51. The van der Waals surface area contributed by atoms with Gasteiger partial charge in [-0.1, -0.05) is 27.2 Å². The maximum atomic E-state index is 12.4. The maximum absolute atomic E-state index is 12.4. The van der Waals surface area contributed by atoms with Gasteiger partial charge in [0.2, 0.25) is 5.91 Å². The summed E-state index contributed by atoms with van der Waals surface area (Å²) in [5, 5.41) is 6.64. The highest BCUT2D eigenvalue weighted by Gasteiger charge is 2.40. The van der Waals surface area contributed by atoms with Crippen LogP contribution in [0.1, 0.15) is 52.9 Å². The molecule has 0 radical (unpaired) electrons. The van der Waals surface area contributed by atoms with Crippen LogP contribution in [0.2, 0.25) is 0 Å². The number of nitrogens with one attached hydrogen (secondary N) is 2. The summed E-state index contributed by atoms with van der Waals surface area (Å²) >= 11 is 0. The molecule has 0 aromatic carbocycles. The van der Waals surface area contributed by atoms with Crippen molar-refractivity contribution in [3.63, 3.8) is 0 Å². The lowest BCUT2D eigenvalue weighted by Gasteiger charge is -2.36. The minimum absolute atomic E-state index is 0.149. The van der Waals surface area contributed by atoms with E-state index in [0.29, 0.717) is 6.04 Å². The lowest BCUT2D eigenvalue weighted by molar-refractivity contribution is -0.133. The van der Waals surface area contributed by atoms with E-state index >= 15 is 0 Å². The summed E-state index contributed by atoms with van der Waals surface area (Å²) < 4.78 is 0. The number of piperidine rings is 1. The van der Waals surface area contributed by atoms with Crippen molar-refractivity contribution < 1.29 is 4.79 Å². The summed E-state index contributed by atoms with van der Waals surface area (Å²) in [6.45, 7) is 8.60. The Hall–Kier alpha value is -0.570. The first-order chi connectivity index (χ1) is 7.94. The van der Waals surface area contributed by atoms with Crippen LogP contribution in [-0.2, 0) is 4.79 Å². The van der Waals surface area contributed by atoms with Gasteiger partial charge in [0.15, 0.2) is 0 Å². The van der Waals surface area contributed by atoms with Gasteiger partial charge in [-0.15, -0.1) is 0 Å². The van der Waals surface area contributed by atoms with E-state index in [-0.39, 0.29) is 16.7 Å². The Morgan fingerprint density at radius 1 is 1.18 bits per heavy atom. The normalized spacial score (nSPS) is 31.1. The smallest absolute Gasteiger partial charge is 0.226 e. The number of amides is 1. The van der Waals surface area contributed by atoms with Crippen molar-refractivity contribution in [1.82, 2.24) is 10.6 Å². The van der Waals surface area contributed by atoms with Crippen LogP contribution in [0, 0.1) is 10.8 Å². The van der Waals surface area contributed by atoms with Crippen molar-refractivity contribution in [3.05, 3.63) is 0 Å². The average molecular weight is 238 g/mol. The molecule has 1 heterocycles. The van der Waals surface area contributed by atoms with Crippen LogP contribution >= 0.6 is 0 Å². The van der Waals surface area contributed by atoms with E-state index in [2.05, 4.69) is 31.4 Å². The van der Waals surface area contributed by atoms with Gasteiger partial charge in [0.05, 0.1) is 0 Å². The SMILES string of the molecule is CC1(C(=O)NC2CCCC2(C)C)CCNCC1. The number of hydrogen-bond acceptors (Lipinski definition) is 2. The summed E-state index contributed by atoms with van der Waals surface area (Å²) in [6.07, 6.45) is 5.55. The number of rotatable bonds is 2. The van der Waals surface area contributed by atoms with Gasteiger partial charge in [-0.25, -0.2) is 0 Å². The van der Waals surface area contributed by atoms with Crippen LogP contribution in [0.25, 0.3) is 0 Å². The van der Waals surface area contributed by atoms with Gasteiger partial charge < -0.3 is 10.6 Å². The molecule has 1 aliphatic carbocycles. The van der Waals surface area contributed by atoms with Crippen molar-refractivity contribution >= 4 is 5.91 Å². The lowest BCUT2D eigenvalue weighted by atomic mass is 9.79. The van der Waals surface area contributed by atoms with E-state index in [1.807, 2.05) is 0 Å². The zero-order valence-corrected chi connectivity index (χ0v) is 11.4. The minimum atomic E-state index is -0.149. The third kappa shape index (κ3) is 2.65. The third-order valence-corrected chi connectivity index (χ3v) is 4.82. The Morgan fingerprint density at radius 3 is 2.35 bits per heavy atom.